The number of amides is 1. The summed E-state index contributed by atoms with van der Waals surface area (Å²) in [5.41, 5.74) is 3.19. The SMILES string of the molecule is CC(C)=C1C=CC(C(Cl)Cl)C1C(=O)N[C@H](C)c1ccccc1. The van der Waals surface area contributed by atoms with Crippen molar-refractivity contribution in [3.8, 4) is 0 Å². The molecule has 2 nitrogen and oxygen atoms in total. The number of carbonyl (C=O) groups is 1. The molecule has 0 saturated heterocycles. The van der Waals surface area contributed by atoms with Crippen molar-refractivity contribution in [1.29, 1.82) is 0 Å². The van der Waals surface area contributed by atoms with Crippen molar-refractivity contribution in [2.24, 2.45) is 11.8 Å². The Morgan fingerprint density at radius 3 is 2.36 bits per heavy atom. The molecule has 0 spiro atoms. The zero-order chi connectivity index (χ0) is 16.3. The number of alkyl halides is 2. The van der Waals surface area contributed by atoms with Gasteiger partial charge < -0.3 is 5.32 Å². The van der Waals surface area contributed by atoms with Gasteiger partial charge in [0.15, 0.2) is 0 Å². The molecule has 1 aromatic rings. The average molecular weight is 338 g/mol. The van der Waals surface area contributed by atoms with Crippen LogP contribution < -0.4 is 5.32 Å². The second-order valence-electron chi connectivity index (χ2n) is 5.84. The van der Waals surface area contributed by atoms with Crippen molar-refractivity contribution < 1.29 is 4.79 Å². The van der Waals surface area contributed by atoms with Crippen molar-refractivity contribution in [2.45, 2.75) is 31.6 Å². The minimum atomic E-state index is -0.601. The van der Waals surface area contributed by atoms with Crippen LogP contribution in [0.3, 0.4) is 0 Å². The summed E-state index contributed by atoms with van der Waals surface area (Å²) in [4.78, 5) is 12.2. The third kappa shape index (κ3) is 3.74. The zero-order valence-electron chi connectivity index (χ0n) is 13.0. The summed E-state index contributed by atoms with van der Waals surface area (Å²) in [5.74, 6) is -0.541. The van der Waals surface area contributed by atoms with Crippen molar-refractivity contribution in [3.63, 3.8) is 0 Å². The summed E-state index contributed by atoms with van der Waals surface area (Å²) < 4.78 is 0. The number of nitrogens with one attached hydrogen (secondary N) is 1. The molecule has 4 heteroatoms. The average Bonchev–Trinajstić information content (AvgIpc) is 2.93. The Kier molecular flexibility index (Phi) is 5.71. The van der Waals surface area contributed by atoms with Gasteiger partial charge in [-0.1, -0.05) is 48.1 Å². The van der Waals surface area contributed by atoms with Gasteiger partial charge in [0.25, 0.3) is 0 Å². The van der Waals surface area contributed by atoms with Crippen molar-refractivity contribution in [2.75, 3.05) is 0 Å². The Morgan fingerprint density at radius 1 is 1.18 bits per heavy atom. The molecular weight excluding hydrogens is 317 g/mol. The lowest BCUT2D eigenvalue weighted by molar-refractivity contribution is -0.125. The number of benzene rings is 1. The zero-order valence-corrected chi connectivity index (χ0v) is 14.5. The number of halogens is 2. The van der Waals surface area contributed by atoms with Gasteiger partial charge in [0, 0.05) is 5.92 Å². The summed E-state index contributed by atoms with van der Waals surface area (Å²) in [6.07, 6.45) is 3.90. The van der Waals surface area contributed by atoms with Gasteiger partial charge in [-0.15, -0.1) is 23.2 Å². The van der Waals surface area contributed by atoms with E-state index in [1.54, 1.807) is 0 Å². The second kappa shape index (κ2) is 7.34. The fourth-order valence-electron chi connectivity index (χ4n) is 2.79. The lowest BCUT2D eigenvalue weighted by Gasteiger charge is -2.24. The molecule has 2 rings (SSSR count). The molecule has 0 aliphatic heterocycles. The van der Waals surface area contributed by atoms with Crippen LogP contribution in [0.15, 0.2) is 53.6 Å². The number of allylic oxidation sites excluding steroid dienone is 3. The molecule has 0 fully saturated rings. The van der Waals surface area contributed by atoms with Crippen LogP contribution in [-0.2, 0) is 4.79 Å². The first-order valence-electron chi connectivity index (χ1n) is 7.41. The van der Waals surface area contributed by atoms with E-state index in [1.165, 1.54) is 0 Å². The van der Waals surface area contributed by atoms with Gasteiger partial charge in [-0.2, -0.15) is 0 Å². The molecule has 2 unspecified atom stereocenters. The number of hydrogen-bond acceptors (Lipinski definition) is 1. The van der Waals surface area contributed by atoms with Crippen molar-refractivity contribution in [3.05, 3.63) is 59.2 Å². The lowest BCUT2D eigenvalue weighted by atomic mass is 9.89. The highest BCUT2D eigenvalue weighted by molar-refractivity contribution is 6.44. The van der Waals surface area contributed by atoms with Gasteiger partial charge in [-0.05, 0) is 31.9 Å². The highest BCUT2D eigenvalue weighted by Gasteiger charge is 2.37. The van der Waals surface area contributed by atoms with E-state index in [0.29, 0.717) is 0 Å². The molecular formula is C18H21Cl2NO. The van der Waals surface area contributed by atoms with E-state index in [9.17, 15) is 4.79 Å². The minimum absolute atomic E-state index is 0.0335. The first-order valence-corrected chi connectivity index (χ1v) is 8.28. The smallest absolute Gasteiger partial charge is 0.228 e. The summed E-state index contributed by atoms with van der Waals surface area (Å²) in [7, 11) is 0. The standard InChI is InChI=1S/C18H21Cl2NO/c1-11(2)14-9-10-15(17(19)20)16(14)18(22)21-12(3)13-7-5-4-6-8-13/h4-10,12,15-17H,1-3H3,(H,21,22)/t12-,15?,16?/m1/s1. The van der Waals surface area contributed by atoms with Crippen LogP contribution in [0.4, 0.5) is 0 Å². The van der Waals surface area contributed by atoms with Crippen LogP contribution in [0.1, 0.15) is 32.4 Å². The van der Waals surface area contributed by atoms with E-state index >= 15 is 0 Å². The Bertz CT molecular complexity index is 588. The predicted octanol–water partition coefficient (Wildman–Crippen LogP) is 4.81. The number of carbonyl (C=O) groups excluding carboxylic acids is 1. The molecule has 1 amide bonds. The molecule has 0 saturated carbocycles. The maximum atomic E-state index is 12.8. The Morgan fingerprint density at radius 2 is 1.82 bits per heavy atom. The summed E-state index contributed by atoms with van der Waals surface area (Å²) >= 11 is 12.1. The topological polar surface area (TPSA) is 29.1 Å². The normalized spacial score (nSPS) is 22.0. The Balaban J connectivity index is 2.18. The summed E-state index contributed by atoms with van der Waals surface area (Å²) in [6.45, 7) is 5.98. The van der Waals surface area contributed by atoms with Gasteiger partial charge in [0.2, 0.25) is 5.91 Å². The summed E-state index contributed by atoms with van der Waals surface area (Å²) in [5, 5.41) is 3.08. The molecule has 0 heterocycles. The van der Waals surface area contributed by atoms with Crippen LogP contribution in [0.5, 0.6) is 0 Å². The molecule has 22 heavy (non-hydrogen) atoms. The molecule has 1 N–H and O–H groups in total. The minimum Gasteiger partial charge on any atom is -0.349 e. The van der Waals surface area contributed by atoms with E-state index in [2.05, 4.69) is 5.32 Å². The second-order valence-corrected chi connectivity index (χ2v) is 7.01. The van der Waals surface area contributed by atoms with E-state index in [0.717, 1.165) is 16.7 Å². The van der Waals surface area contributed by atoms with E-state index in [4.69, 9.17) is 23.2 Å². The molecule has 0 aromatic heterocycles. The fraction of sp³-hybridized carbons (Fsp3) is 0.389. The predicted molar refractivity (Wildman–Crippen MR) is 93.0 cm³/mol. The molecule has 1 aliphatic rings. The van der Waals surface area contributed by atoms with Gasteiger partial charge in [-0.25, -0.2) is 0 Å². The van der Waals surface area contributed by atoms with E-state index in [1.807, 2.05) is 63.3 Å². The highest BCUT2D eigenvalue weighted by Crippen LogP contribution is 2.38. The Hall–Kier alpha value is -1.25. The van der Waals surface area contributed by atoms with Gasteiger partial charge >= 0.3 is 0 Å². The Labute approximate surface area is 142 Å². The van der Waals surface area contributed by atoms with E-state index in [-0.39, 0.29) is 23.8 Å². The first kappa shape index (κ1) is 17.1. The monoisotopic (exact) mass is 337 g/mol. The van der Waals surface area contributed by atoms with Crippen LogP contribution >= 0.6 is 23.2 Å². The van der Waals surface area contributed by atoms with E-state index < -0.39 is 4.84 Å². The van der Waals surface area contributed by atoms with Crippen LogP contribution in [-0.4, -0.2) is 10.7 Å². The maximum absolute atomic E-state index is 12.8. The third-order valence-electron chi connectivity index (χ3n) is 4.03. The van der Waals surface area contributed by atoms with Gasteiger partial charge in [0.05, 0.1) is 12.0 Å². The lowest BCUT2D eigenvalue weighted by Crippen LogP contribution is -2.37. The van der Waals surface area contributed by atoms with Gasteiger partial charge in [0.1, 0.15) is 4.84 Å². The highest BCUT2D eigenvalue weighted by atomic mass is 35.5. The van der Waals surface area contributed by atoms with Crippen LogP contribution in [0.25, 0.3) is 0 Å². The number of hydrogen-bond donors (Lipinski definition) is 1. The van der Waals surface area contributed by atoms with Gasteiger partial charge in [-0.3, -0.25) is 4.79 Å². The van der Waals surface area contributed by atoms with Crippen LogP contribution in [0, 0.1) is 11.8 Å². The largest absolute Gasteiger partial charge is 0.349 e. The molecule has 118 valence electrons. The quantitative estimate of drug-likeness (QED) is 0.785. The molecule has 1 aromatic carbocycles. The van der Waals surface area contributed by atoms with Crippen LogP contribution in [0.2, 0.25) is 0 Å². The maximum Gasteiger partial charge on any atom is 0.228 e. The summed E-state index contributed by atoms with van der Waals surface area (Å²) in [6, 6.07) is 9.84. The fourth-order valence-corrected chi connectivity index (χ4v) is 3.25. The van der Waals surface area contributed by atoms with Crippen molar-refractivity contribution >= 4 is 29.1 Å². The molecule has 0 bridgehead atoms. The molecule has 0 radical (unpaired) electrons. The molecule has 1 aliphatic carbocycles. The molecule has 3 atom stereocenters. The third-order valence-corrected chi connectivity index (χ3v) is 4.61. The first-order chi connectivity index (χ1) is 10.4. The van der Waals surface area contributed by atoms with Crippen molar-refractivity contribution in [1.82, 2.24) is 5.32 Å². The number of rotatable bonds is 4.